The number of rotatable bonds is 5. The van der Waals surface area contributed by atoms with Gasteiger partial charge in [0.1, 0.15) is 5.75 Å². The Balaban J connectivity index is 2.65. The highest BCUT2D eigenvalue weighted by Gasteiger charge is 2.06. The van der Waals surface area contributed by atoms with Gasteiger partial charge in [-0.15, -0.1) is 0 Å². The van der Waals surface area contributed by atoms with E-state index in [9.17, 15) is 0 Å². The zero-order valence-electron chi connectivity index (χ0n) is 8.99. The van der Waals surface area contributed by atoms with Gasteiger partial charge in [-0.25, -0.2) is 0 Å². The maximum Gasteiger partial charge on any atom is 0.122 e. The van der Waals surface area contributed by atoms with Crippen LogP contribution in [-0.4, -0.2) is 13.2 Å². The van der Waals surface area contributed by atoms with Crippen LogP contribution < -0.4 is 10.5 Å². The van der Waals surface area contributed by atoms with Gasteiger partial charge in [0.15, 0.2) is 0 Å². The summed E-state index contributed by atoms with van der Waals surface area (Å²) in [6, 6.07) is 8.31. The molecule has 14 heavy (non-hydrogen) atoms. The molecule has 0 aliphatic carbocycles. The lowest BCUT2D eigenvalue weighted by atomic mass is 10.0. The summed E-state index contributed by atoms with van der Waals surface area (Å²) >= 11 is 0. The first-order chi connectivity index (χ1) is 6.77. The van der Waals surface area contributed by atoms with Crippen molar-refractivity contribution in [2.75, 3.05) is 7.11 Å². The van der Waals surface area contributed by atoms with Crippen molar-refractivity contribution in [2.24, 2.45) is 5.73 Å². The van der Waals surface area contributed by atoms with E-state index in [4.69, 9.17) is 10.5 Å². The summed E-state index contributed by atoms with van der Waals surface area (Å²) in [5.74, 6) is 0.944. The molecule has 0 saturated carbocycles. The molecule has 0 spiro atoms. The molecule has 0 fully saturated rings. The Bertz CT molecular complexity index is 273. The maximum absolute atomic E-state index is 5.98. The van der Waals surface area contributed by atoms with Gasteiger partial charge in [0, 0.05) is 6.04 Å². The first kappa shape index (κ1) is 11.1. The van der Waals surface area contributed by atoms with Crippen LogP contribution in [-0.2, 0) is 6.42 Å². The number of hydrogen-bond acceptors (Lipinski definition) is 2. The molecule has 2 nitrogen and oxygen atoms in total. The predicted octanol–water partition coefficient (Wildman–Crippen LogP) is 2.37. The summed E-state index contributed by atoms with van der Waals surface area (Å²) in [5, 5.41) is 0. The number of methoxy groups -OCH3 is 1. The third-order valence-corrected chi connectivity index (χ3v) is 2.33. The van der Waals surface area contributed by atoms with Gasteiger partial charge < -0.3 is 10.5 Å². The van der Waals surface area contributed by atoms with E-state index in [0.717, 1.165) is 25.0 Å². The molecule has 0 amide bonds. The summed E-state index contributed by atoms with van der Waals surface area (Å²) in [6.45, 7) is 2.15. The number of hydrogen-bond donors (Lipinski definition) is 1. The third-order valence-electron chi connectivity index (χ3n) is 2.33. The van der Waals surface area contributed by atoms with Gasteiger partial charge in [-0.3, -0.25) is 0 Å². The second-order valence-electron chi connectivity index (χ2n) is 3.56. The van der Waals surface area contributed by atoms with E-state index in [1.807, 2.05) is 18.2 Å². The fourth-order valence-corrected chi connectivity index (χ4v) is 1.63. The quantitative estimate of drug-likeness (QED) is 0.779. The SMILES string of the molecule is CCC[C@H](N)Cc1ccccc1OC. The van der Waals surface area contributed by atoms with Crippen molar-refractivity contribution < 1.29 is 4.74 Å². The fraction of sp³-hybridized carbons (Fsp3) is 0.500. The lowest BCUT2D eigenvalue weighted by Crippen LogP contribution is -2.22. The van der Waals surface area contributed by atoms with Gasteiger partial charge in [0.25, 0.3) is 0 Å². The zero-order valence-corrected chi connectivity index (χ0v) is 8.99. The second kappa shape index (κ2) is 5.66. The van der Waals surface area contributed by atoms with Gasteiger partial charge in [-0.05, 0) is 24.5 Å². The first-order valence-corrected chi connectivity index (χ1v) is 5.15. The van der Waals surface area contributed by atoms with Crippen LogP contribution in [0.15, 0.2) is 24.3 Å². The van der Waals surface area contributed by atoms with Crippen LogP contribution in [0, 0.1) is 0 Å². The minimum atomic E-state index is 0.247. The molecule has 2 heteroatoms. The molecule has 0 aromatic heterocycles. The topological polar surface area (TPSA) is 35.2 Å². The van der Waals surface area contributed by atoms with Crippen molar-refractivity contribution in [3.63, 3.8) is 0 Å². The van der Waals surface area contributed by atoms with Gasteiger partial charge >= 0.3 is 0 Å². The first-order valence-electron chi connectivity index (χ1n) is 5.15. The van der Waals surface area contributed by atoms with Crippen LogP contribution in [0.25, 0.3) is 0 Å². The van der Waals surface area contributed by atoms with Gasteiger partial charge in [-0.1, -0.05) is 31.5 Å². The molecule has 1 atom stereocenters. The number of nitrogens with two attached hydrogens (primary N) is 1. The van der Waals surface area contributed by atoms with Crippen molar-refractivity contribution in [2.45, 2.75) is 32.2 Å². The molecule has 0 bridgehead atoms. The van der Waals surface area contributed by atoms with Gasteiger partial charge in [0.2, 0.25) is 0 Å². The zero-order chi connectivity index (χ0) is 10.4. The highest BCUT2D eigenvalue weighted by atomic mass is 16.5. The number of para-hydroxylation sites is 1. The summed E-state index contributed by atoms with van der Waals surface area (Å²) < 4.78 is 5.27. The van der Waals surface area contributed by atoms with Crippen molar-refractivity contribution >= 4 is 0 Å². The smallest absolute Gasteiger partial charge is 0.122 e. The molecule has 0 saturated heterocycles. The predicted molar refractivity (Wildman–Crippen MR) is 59.6 cm³/mol. The molecule has 1 rings (SSSR count). The third kappa shape index (κ3) is 3.04. The van der Waals surface area contributed by atoms with Gasteiger partial charge in [-0.2, -0.15) is 0 Å². The standard InChI is InChI=1S/C12H19NO/c1-3-6-11(13)9-10-7-4-5-8-12(10)14-2/h4-5,7-8,11H,3,6,9,13H2,1-2H3/t11-/m0/s1. The summed E-state index contributed by atoms with van der Waals surface area (Å²) in [4.78, 5) is 0. The van der Waals surface area contributed by atoms with Crippen molar-refractivity contribution in [3.05, 3.63) is 29.8 Å². The normalized spacial score (nSPS) is 12.5. The highest BCUT2D eigenvalue weighted by Crippen LogP contribution is 2.19. The average molecular weight is 193 g/mol. The highest BCUT2D eigenvalue weighted by molar-refractivity contribution is 5.33. The van der Waals surface area contributed by atoms with Crippen molar-refractivity contribution in [3.8, 4) is 5.75 Å². The van der Waals surface area contributed by atoms with Crippen LogP contribution >= 0.6 is 0 Å². The average Bonchev–Trinajstić information content (AvgIpc) is 2.19. The largest absolute Gasteiger partial charge is 0.496 e. The van der Waals surface area contributed by atoms with Crippen LogP contribution in [0.4, 0.5) is 0 Å². The Kier molecular flexibility index (Phi) is 4.47. The molecule has 78 valence electrons. The molecule has 0 aliphatic rings. The summed E-state index contributed by atoms with van der Waals surface area (Å²) in [5.41, 5.74) is 7.19. The maximum atomic E-state index is 5.98. The molecule has 0 heterocycles. The van der Waals surface area contributed by atoms with Crippen LogP contribution in [0.1, 0.15) is 25.3 Å². The Morgan fingerprint density at radius 1 is 1.36 bits per heavy atom. The molecule has 0 aliphatic heterocycles. The van der Waals surface area contributed by atoms with Crippen LogP contribution in [0.2, 0.25) is 0 Å². The fourth-order valence-electron chi connectivity index (χ4n) is 1.63. The minimum absolute atomic E-state index is 0.247. The van der Waals surface area contributed by atoms with E-state index in [-0.39, 0.29) is 6.04 Å². The summed E-state index contributed by atoms with van der Waals surface area (Å²) in [6.07, 6.45) is 3.10. The van der Waals surface area contributed by atoms with E-state index in [1.165, 1.54) is 5.56 Å². The van der Waals surface area contributed by atoms with E-state index in [1.54, 1.807) is 7.11 Å². The lowest BCUT2D eigenvalue weighted by molar-refractivity contribution is 0.407. The lowest BCUT2D eigenvalue weighted by Gasteiger charge is -2.12. The second-order valence-corrected chi connectivity index (χ2v) is 3.56. The number of benzene rings is 1. The minimum Gasteiger partial charge on any atom is -0.496 e. The molecule has 2 N–H and O–H groups in total. The Hall–Kier alpha value is -1.02. The Morgan fingerprint density at radius 2 is 2.07 bits per heavy atom. The van der Waals surface area contributed by atoms with Crippen LogP contribution in [0.5, 0.6) is 5.75 Å². The van der Waals surface area contributed by atoms with Crippen molar-refractivity contribution in [1.29, 1.82) is 0 Å². The van der Waals surface area contributed by atoms with E-state index in [0.29, 0.717) is 0 Å². The Morgan fingerprint density at radius 3 is 2.71 bits per heavy atom. The monoisotopic (exact) mass is 193 g/mol. The molecular weight excluding hydrogens is 174 g/mol. The van der Waals surface area contributed by atoms with Crippen molar-refractivity contribution in [1.82, 2.24) is 0 Å². The van der Waals surface area contributed by atoms with E-state index < -0.39 is 0 Å². The van der Waals surface area contributed by atoms with E-state index >= 15 is 0 Å². The molecule has 1 aromatic carbocycles. The van der Waals surface area contributed by atoms with Gasteiger partial charge in [0.05, 0.1) is 7.11 Å². The Labute approximate surface area is 86.1 Å². The van der Waals surface area contributed by atoms with E-state index in [2.05, 4.69) is 13.0 Å². The number of ether oxygens (including phenoxy) is 1. The van der Waals surface area contributed by atoms with Crippen LogP contribution in [0.3, 0.4) is 0 Å². The summed E-state index contributed by atoms with van der Waals surface area (Å²) in [7, 11) is 1.70. The molecule has 1 aromatic rings. The molecule has 0 radical (unpaired) electrons. The molecular formula is C12H19NO. The molecule has 0 unspecified atom stereocenters.